The summed E-state index contributed by atoms with van der Waals surface area (Å²) in [5.74, 6) is 0.887. The highest BCUT2D eigenvalue weighted by Crippen LogP contribution is 2.30. The van der Waals surface area contributed by atoms with Gasteiger partial charge in [-0.05, 0) is 24.6 Å². The molecule has 0 amide bonds. The predicted octanol–water partition coefficient (Wildman–Crippen LogP) is 4.73. The van der Waals surface area contributed by atoms with Gasteiger partial charge >= 0.3 is 0 Å². The van der Waals surface area contributed by atoms with Crippen LogP contribution in [0.1, 0.15) is 20.8 Å². The number of aromatic nitrogens is 1. The van der Waals surface area contributed by atoms with E-state index in [1.807, 2.05) is 6.07 Å². The fourth-order valence-corrected chi connectivity index (χ4v) is 4.27. The zero-order valence-corrected chi connectivity index (χ0v) is 14.8. The van der Waals surface area contributed by atoms with E-state index >= 15 is 0 Å². The number of fused-ring (bicyclic) bond motifs is 1. The highest BCUT2D eigenvalue weighted by atomic mass is 32.2. The fraction of sp³-hybridized carbons (Fsp3) is 0.471. The van der Waals surface area contributed by atoms with E-state index in [1.54, 1.807) is 23.1 Å². The molecular weight excluding hydrogens is 314 g/mol. The number of benzene rings is 1. The summed E-state index contributed by atoms with van der Waals surface area (Å²) in [6.45, 7) is 7.88. The maximum absolute atomic E-state index is 5.79. The highest BCUT2D eigenvalue weighted by Gasteiger charge is 2.28. The van der Waals surface area contributed by atoms with Gasteiger partial charge < -0.3 is 9.47 Å². The van der Waals surface area contributed by atoms with Gasteiger partial charge in [-0.25, -0.2) is 4.98 Å². The molecule has 0 N–H and O–H groups in total. The van der Waals surface area contributed by atoms with E-state index in [2.05, 4.69) is 50.0 Å². The van der Waals surface area contributed by atoms with Crippen molar-refractivity contribution in [1.82, 2.24) is 4.98 Å². The lowest BCUT2D eigenvalue weighted by Gasteiger charge is -2.35. The van der Waals surface area contributed by atoms with Gasteiger partial charge in [-0.3, -0.25) is 0 Å². The van der Waals surface area contributed by atoms with Crippen molar-refractivity contribution in [3.63, 3.8) is 0 Å². The van der Waals surface area contributed by atoms with Crippen molar-refractivity contribution in [2.75, 3.05) is 19.0 Å². The van der Waals surface area contributed by atoms with Crippen LogP contribution in [0, 0.1) is 5.41 Å². The first-order valence-corrected chi connectivity index (χ1v) is 9.22. The molecule has 1 fully saturated rings. The molecule has 0 saturated carbocycles. The molecule has 1 aromatic carbocycles. The zero-order chi connectivity index (χ0) is 15.6. The van der Waals surface area contributed by atoms with Crippen molar-refractivity contribution in [1.29, 1.82) is 0 Å². The quantitative estimate of drug-likeness (QED) is 0.597. The molecule has 2 aromatic rings. The van der Waals surface area contributed by atoms with Crippen LogP contribution in [0.25, 0.3) is 10.2 Å². The first-order chi connectivity index (χ1) is 10.5. The van der Waals surface area contributed by atoms with Crippen molar-refractivity contribution in [2.24, 2.45) is 5.41 Å². The monoisotopic (exact) mass is 335 g/mol. The van der Waals surface area contributed by atoms with Gasteiger partial charge in [0.05, 0.1) is 23.4 Å². The van der Waals surface area contributed by atoms with Crippen molar-refractivity contribution in [3.8, 4) is 0 Å². The van der Waals surface area contributed by atoms with Gasteiger partial charge in [-0.15, -0.1) is 11.3 Å². The van der Waals surface area contributed by atoms with Crippen LogP contribution in [0.15, 0.2) is 40.3 Å². The van der Waals surface area contributed by atoms with Gasteiger partial charge in [0, 0.05) is 11.2 Å². The summed E-state index contributed by atoms with van der Waals surface area (Å²) in [5, 5.41) is 0. The Bertz CT molecular complexity index is 635. The lowest BCUT2D eigenvalue weighted by atomic mass is 9.95. The molecule has 5 heteroatoms. The molecular formula is C17H21NO2S2. The standard InChI is InChI=1S/C17H21NO2S2/c1-12(15-19-10-17(2,3)11-20-15)8-9-21-16-18-13-6-4-5-7-14(13)22-16/h4-8,15H,9-11H2,1-3H3/b12-8+. The number of para-hydroxylation sites is 1. The van der Waals surface area contributed by atoms with E-state index in [1.165, 1.54) is 4.70 Å². The average Bonchev–Trinajstić information content (AvgIpc) is 2.89. The molecule has 22 heavy (non-hydrogen) atoms. The molecule has 1 aliphatic rings. The molecule has 0 unspecified atom stereocenters. The second-order valence-electron chi connectivity index (χ2n) is 6.32. The summed E-state index contributed by atoms with van der Waals surface area (Å²) in [6, 6.07) is 8.25. The van der Waals surface area contributed by atoms with E-state index in [0.29, 0.717) is 0 Å². The van der Waals surface area contributed by atoms with Gasteiger partial charge in [0.25, 0.3) is 0 Å². The van der Waals surface area contributed by atoms with E-state index in [-0.39, 0.29) is 11.7 Å². The van der Waals surface area contributed by atoms with Crippen LogP contribution in [0.4, 0.5) is 0 Å². The van der Waals surface area contributed by atoms with E-state index < -0.39 is 0 Å². The minimum Gasteiger partial charge on any atom is -0.348 e. The fourth-order valence-electron chi connectivity index (χ4n) is 2.21. The van der Waals surface area contributed by atoms with Crippen molar-refractivity contribution in [3.05, 3.63) is 35.9 Å². The maximum Gasteiger partial charge on any atom is 0.179 e. The lowest BCUT2D eigenvalue weighted by Crippen LogP contribution is -2.38. The summed E-state index contributed by atoms with van der Waals surface area (Å²) >= 11 is 3.50. The lowest BCUT2D eigenvalue weighted by molar-refractivity contribution is -0.202. The molecule has 1 aliphatic heterocycles. The Morgan fingerprint density at radius 2 is 2.09 bits per heavy atom. The summed E-state index contributed by atoms with van der Waals surface area (Å²) in [7, 11) is 0. The minimum absolute atomic E-state index is 0.118. The van der Waals surface area contributed by atoms with Gasteiger partial charge in [0.1, 0.15) is 0 Å². The summed E-state index contributed by atoms with van der Waals surface area (Å²) < 4.78 is 13.9. The number of thiazole rings is 1. The summed E-state index contributed by atoms with van der Waals surface area (Å²) in [4.78, 5) is 4.63. The number of rotatable bonds is 4. The van der Waals surface area contributed by atoms with Gasteiger partial charge in [0.15, 0.2) is 10.6 Å². The molecule has 2 heterocycles. The van der Waals surface area contributed by atoms with Crippen molar-refractivity contribution in [2.45, 2.75) is 31.4 Å². The van der Waals surface area contributed by atoms with Crippen LogP contribution in [0.2, 0.25) is 0 Å². The van der Waals surface area contributed by atoms with E-state index in [0.717, 1.165) is 34.4 Å². The van der Waals surface area contributed by atoms with E-state index in [9.17, 15) is 0 Å². The Hall–Kier alpha value is -0.880. The van der Waals surface area contributed by atoms with Gasteiger partial charge in [0.2, 0.25) is 0 Å². The topological polar surface area (TPSA) is 31.4 Å². The summed E-state index contributed by atoms with van der Waals surface area (Å²) in [5.41, 5.74) is 2.34. The van der Waals surface area contributed by atoms with Crippen LogP contribution in [0.3, 0.4) is 0 Å². The Kier molecular flexibility index (Phi) is 4.88. The molecule has 3 rings (SSSR count). The Morgan fingerprint density at radius 3 is 2.82 bits per heavy atom. The third-order valence-electron chi connectivity index (χ3n) is 3.51. The normalized spacial score (nSPS) is 19.7. The number of hydrogen-bond donors (Lipinski definition) is 0. The molecule has 118 valence electrons. The van der Waals surface area contributed by atoms with Crippen LogP contribution in [-0.4, -0.2) is 30.2 Å². The zero-order valence-electron chi connectivity index (χ0n) is 13.2. The number of ether oxygens (including phenoxy) is 2. The van der Waals surface area contributed by atoms with E-state index in [4.69, 9.17) is 9.47 Å². The Morgan fingerprint density at radius 1 is 1.36 bits per heavy atom. The molecule has 0 bridgehead atoms. The number of hydrogen-bond acceptors (Lipinski definition) is 5. The van der Waals surface area contributed by atoms with Crippen LogP contribution < -0.4 is 0 Å². The maximum atomic E-state index is 5.79. The van der Waals surface area contributed by atoms with Crippen molar-refractivity contribution >= 4 is 33.3 Å². The van der Waals surface area contributed by atoms with Crippen LogP contribution in [-0.2, 0) is 9.47 Å². The second kappa shape index (κ2) is 6.71. The van der Waals surface area contributed by atoms with Gasteiger partial charge in [-0.1, -0.05) is 43.8 Å². The molecule has 0 atom stereocenters. The smallest absolute Gasteiger partial charge is 0.179 e. The third-order valence-corrected chi connectivity index (χ3v) is 5.62. The first-order valence-electron chi connectivity index (χ1n) is 7.42. The Balaban J connectivity index is 1.55. The second-order valence-corrected chi connectivity index (χ2v) is 8.62. The largest absolute Gasteiger partial charge is 0.348 e. The predicted molar refractivity (Wildman–Crippen MR) is 93.6 cm³/mol. The molecule has 0 spiro atoms. The SMILES string of the molecule is C/C(=C\CSc1nc2ccccc2s1)C1OCC(C)(C)CO1. The molecule has 3 nitrogen and oxygen atoms in total. The van der Waals surface area contributed by atoms with Gasteiger partial charge in [-0.2, -0.15) is 0 Å². The highest BCUT2D eigenvalue weighted by molar-refractivity contribution is 8.01. The molecule has 1 saturated heterocycles. The first kappa shape index (κ1) is 16.0. The number of thioether (sulfide) groups is 1. The number of nitrogens with zero attached hydrogens (tertiary/aromatic N) is 1. The molecule has 1 aromatic heterocycles. The average molecular weight is 335 g/mol. The van der Waals surface area contributed by atoms with Crippen LogP contribution in [0.5, 0.6) is 0 Å². The molecule has 0 radical (unpaired) electrons. The van der Waals surface area contributed by atoms with Crippen LogP contribution >= 0.6 is 23.1 Å². The molecule has 0 aliphatic carbocycles. The third kappa shape index (κ3) is 3.90. The Labute approximate surface area is 139 Å². The minimum atomic E-state index is -0.191. The summed E-state index contributed by atoms with van der Waals surface area (Å²) in [6.07, 6.45) is 1.99. The van der Waals surface area contributed by atoms with Crippen molar-refractivity contribution < 1.29 is 9.47 Å².